The number of amides is 1. The van der Waals surface area contributed by atoms with Crippen LogP contribution < -0.4 is 5.32 Å². The lowest BCUT2D eigenvalue weighted by molar-refractivity contribution is -0.140. The van der Waals surface area contributed by atoms with E-state index in [1.54, 1.807) is 0 Å². The van der Waals surface area contributed by atoms with Gasteiger partial charge in [0.25, 0.3) is 5.91 Å². The van der Waals surface area contributed by atoms with E-state index in [2.05, 4.69) is 21.1 Å². The Kier molecular flexibility index (Phi) is 5.58. The standard InChI is InChI=1S/C17H22N2O3/c1-12-7-8-14-13(10-12)11-15(19-14)17(21)18-9-5-3-4-6-16(20)22-2/h7-8,10-11,19H,3-6,9H2,1-2H3,(H,18,21). The Labute approximate surface area is 130 Å². The highest BCUT2D eigenvalue weighted by molar-refractivity contribution is 5.98. The predicted octanol–water partition coefficient (Wildman–Crippen LogP) is 2.94. The monoisotopic (exact) mass is 302 g/mol. The van der Waals surface area contributed by atoms with Gasteiger partial charge in [-0.3, -0.25) is 9.59 Å². The van der Waals surface area contributed by atoms with Gasteiger partial charge in [0.05, 0.1) is 7.11 Å². The minimum Gasteiger partial charge on any atom is -0.469 e. The van der Waals surface area contributed by atoms with E-state index in [1.165, 1.54) is 12.7 Å². The first-order valence-corrected chi connectivity index (χ1v) is 7.54. The molecule has 0 spiro atoms. The lowest BCUT2D eigenvalue weighted by atomic mass is 10.2. The van der Waals surface area contributed by atoms with Crippen LogP contribution in [0.1, 0.15) is 41.7 Å². The first-order chi connectivity index (χ1) is 10.6. The van der Waals surface area contributed by atoms with E-state index in [9.17, 15) is 9.59 Å². The van der Waals surface area contributed by atoms with Gasteiger partial charge in [-0.2, -0.15) is 0 Å². The van der Waals surface area contributed by atoms with E-state index < -0.39 is 0 Å². The van der Waals surface area contributed by atoms with Gasteiger partial charge in [0.2, 0.25) is 0 Å². The number of nitrogens with one attached hydrogen (secondary N) is 2. The van der Waals surface area contributed by atoms with Crippen molar-refractivity contribution in [3.05, 3.63) is 35.5 Å². The summed E-state index contributed by atoms with van der Waals surface area (Å²) in [6.45, 7) is 2.63. The number of esters is 1. The minimum absolute atomic E-state index is 0.0955. The van der Waals surface area contributed by atoms with Gasteiger partial charge in [-0.15, -0.1) is 0 Å². The second-order valence-electron chi connectivity index (χ2n) is 5.42. The molecular weight excluding hydrogens is 280 g/mol. The largest absolute Gasteiger partial charge is 0.469 e. The zero-order chi connectivity index (χ0) is 15.9. The molecule has 1 aromatic carbocycles. The van der Waals surface area contributed by atoms with E-state index in [0.717, 1.165) is 30.2 Å². The number of unbranched alkanes of at least 4 members (excludes halogenated alkanes) is 2. The molecular formula is C17H22N2O3. The van der Waals surface area contributed by atoms with Gasteiger partial charge < -0.3 is 15.0 Å². The Morgan fingerprint density at radius 2 is 2.00 bits per heavy atom. The Morgan fingerprint density at radius 1 is 1.18 bits per heavy atom. The van der Waals surface area contributed by atoms with Gasteiger partial charge in [0, 0.05) is 23.9 Å². The van der Waals surface area contributed by atoms with E-state index in [-0.39, 0.29) is 11.9 Å². The van der Waals surface area contributed by atoms with Crippen LogP contribution in [0.15, 0.2) is 24.3 Å². The zero-order valence-corrected chi connectivity index (χ0v) is 13.1. The molecule has 1 amide bonds. The van der Waals surface area contributed by atoms with Crippen LogP contribution in [-0.2, 0) is 9.53 Å². The summed E-state index contributed by atoms with van der Waals surface area (Å²) in [6, 6.07) is 7.92. The van der Waals surface area contributed by atoms with Gasteiger partial charge in [0.1, 0.15) is 5.69 Å². The number of carbonyl (C=O) groups excluding carboxylic acids is 2. The molecule has 0 saturated heterocycles. The average Bonchev–Trinajstić information content (AvgIpc) is 2.93. The predicted molar refractivity (Wildman–Crippen MR) is 85.9 cm³/mol. The second kappa shape index (κ2) is 7.64. The Bertz CT molecular complexity index is 661. The maximum atomic E-state index is 12.1. The summed E-state index contributed by atoms with van der Waals surface area (Å²) in [4.78, 5) is 26.1. The molecule has 22 heavy (non-hydrogen) atoms. The van der Waals surface area contributed by atoms with Crippen molar-refractivity contribution in [3.8, 4) is 0 Å². The first kappa shape index (κ1) is 16.1. The van der Waals surface area contributed by atoms with Crippen molar-refractivity contribution < 1.29 is 14.3 Å². The molecule has 5 nitrogen and oxygen atoms in total. The lowest BCUT2D eigenvalue weighted by Crippen LogP contribution is -2.24. The number of hydrogen-bond acceptors (Lipinski definition) is 3. The number of aromatic amines is 1. The molecule has 0 saturated carbocycles. The molecule has 0 aliphatic rings. The molecule has 0 bridgehead atoms. The fourth-order valence-electron chi connectivity index (χ4n) is 2.34. The summed E-state index contributed by atoms with van der Waals surface area (Å²) in [5.74, 6) is -0.278. The lowest BCUT2D eigenvalue weighted by Gasteiger charge is -2.03. The number of aryl methyl sites for hydroxylation is 1. The number of fused-ring (bicyclic) bond motifs is 1. The van der Waals surface area contributed by atoms with Gasteiger partial charge in [-0.25, -0.2) is 0 Å². The van der Waals surface area contributed by atoms with Crippen molar-refractivity contribution in [2.24, 2.45) is 0 Å². The summed E-state index contributed by atoms with van der Waals surface area (Å²) >= 11 is 0. The van der Waals surface area contributed by atoms with Crippen molar-refractivity contribution in [2.75, 3.05) is 13.7 Å². The summed E-state index contributed by atoms with van der Waals surface area (Å²) in [5, 5.41) is 3.93. The molecule has 5 heteroatoms. The number of ether oxygens (including phenoxy) is 1. The molecule has 0 aliphatic carbocycles. The van der Waals surface area contributed by atoms with Crippen LogP contribution in [0.5, 0.6) is 0 Å². The van der Waals surface area contributed by atoms with E-state index in [4.69, 9.17) is 0 Å². The quantitative estimate of drug-likeness (QED) is 0.610. The Balaban J connectivity index is 1.75. The zero-order valence-electron chi connectivity index (χ0n) is 13.1. The molecule has 0 aliphatic heterocycles. The van der Waals surface area contributed by atoms with E-state index in [1.807, 2.05) is 25.1 Å². The number of hydrogen-bond donors (Lipinski definition) is 2. The van der Waals surface area contributed by atoms with E-state index >= 15 is 0 Å². The minimum atomic E-state index is -0.183. The third-order valence-electron chi connectivity index (χ3n) is 3.59. The fraction of sp³-hybridized carbons (Fsp3) is 0.412. The fourth-order valence-corrected chi connectivity index (χ4v) is 2.34. The van der Waals surface area contributed by atoms with Gasteiger partial charge in [0.15, 0.2) is 0 Å². The Morgan fingerprint density at radius 3 is 2.77 bits per heavy atom. The van der Waals surface area contributed by atoms with Crippen LogP contribution >= 0.6 is 0 Å². The number of carbonyl (C=O) groups is 2. The summed E-state index contributed by atoms with van der Waals surface area (Å²) < 4.78 is 4.58. The van der Waals surface area contributed by atoms with Crippen LogP contribution in [0.3, 0.4) is 0 Å². The molecule has 0 radical (unpaired) electrons. The third-order valence-corrected chi connectivity index (χ3v) is 3.59. The first-order valence-electron chi connectivity index (χ1n) is 7.54. The number of aromatic nitrogens is 1. The maximum absolute atomic E-state index is 12.1. The van der Waals surface area contributed by atoms with Crippen LogP contribution in [-0.4, -0.2) is 30.5 Å². The van der Waals surface area contributed by atoms with Crippen LogP contribution in [0, 0.1) is 6.92 Å². The third kappa shape index (κ3) is 4.35. The highest BCUT2D eigenvalue weighted by atomic mass is 16.5. The molecule has 1 aromatic heterocycles. The van der Waals surface area contributed by atoms with Crippen molar-refractivity contribution >= 4 is 22.8 Å². The molecule has 118 valence electrons. The second-order valence-corrected chi connectivity index (χ2v) is 5.42. The van der Waals surface area contributed by atoms with Gasteiger partial charge in [-0.05, 0) is 38.0 Å². The summed E-state index contributed by atoms with van der Waals surface area (Å²) in [7, 11) is 1.39. The normalized spacial score (nSPS) is 10.6. The van der Waals surface area contributed by atoms with Crippen molar-refractivity contribution in [2.45, 2.75) is 32.6 Å². The molecule has 0 unspecified atom stereocenters. The number of benzene rings is 1. The molecule has 2 aromatic rings. The summed E-state index contributed by atoms with van der Waals surface area (Å²) in [6.07, 6.45) is 2.96. The topological polar surface area (TPSA) is 71.2 Å². The van der Waals surface area contributed by atoms with Crippen molar-refractivity contribution in [1.29, 1.82) is 0 Å². The van der Waals surface area contributed by atoms with Crippen LogP contribution in [0.2, 0.25) is 0 Å². The smallest absolute Gasteiger partial charge is 0.305 e. The molecule has 2 rings (SSSR count). The van der Waals surface area contributed by atoms with Crippen molar-refractivity contribution in [3.63, 3.8) is 0 Å². The number of methoxy groups -OCH3 is 1. The Hall–Kier alpha value is -2.30. The highest BCUT2D eigenvalue weighted by Crippen LogP contribution is 2.16. The molecule has 2 N–H and O–H groups in total. The number of H-pyrrole nitrogens is 1. The van der Waals surface area contributed by atoms with Crippen molar-refractivity contribution in [1.82, 2.24) is 10.3 Å². The van der Waals surface area contributed by atoms with E-state index in [0.29, 0.717) is 18.7 Å². The van der Waals surface area contributed by atoms with Gasteiger partial charge in [-0.1, -0.05) is 18.1 Å². The van der Waals surface area contributed by atoms with Crippen LogP contribution in [0.25, 0.3) is 10.9 Å². The number of rotatable bonds is 7. The molecule has 0 atom stereocenters. The average molecular weight is 302 g/mol. The molecule has 0 fully saturated rings. The highest BCUT2D eigenvalue weighted by Gasteiger charge is 2.08. The van der Waals surface area contributed by atoms with Gasteiger partial charge >= 0.3 is 5.97 Å². The van der Waals surface area contributed by atoms with Crippen LogP contribution in [0.4, 0.5) is 0 Å². The maximum Gasteiger partial charge on any atom is 0.305 e. The SMILES string of the molecule is COC(=O)CCCCCNC(=O)c1cc2cc(C)ccc2[nH]1. The molecule has 1 heterocycles. The summed E-state index contributed by atoms with van der Waals surface area (Å²) in [5.41, 5.74) is 2.72.